The average molecular weight is 228 g/mol. The molecule has 1 heterocycles. The standard InChI is InChI=1S/C9H14O2.C3H8.C2H6/c1-9(2)10-7-5-3-4-6-8(7)11-9;1-3-2;1-2/h3,5,7-8H,4,6H2,1-2H3;3H2,1-2H3;1-2H3/t7-,8+;;/m0../s1. The van der Waals surface area contributed by atoms with Crippen LogP contribution in [0.5, 0.6) is 0 Å². The number of hydrogen-bond donors (Lipinski definition) is 0. The fraction of sp³-hybridized carbons (Fsp3) is 0.857. The predicted octanol–water partition coefficient (Wildman–Crippen LogP) is 4.30. The Kier molecular flexibility index (Phi) is 7.69. The topological polar surface area (TPSA) is 18.5 Å². The SMILES string of the molecule is CC.CC1(C)O[C@H]2C=CCC[C@H]2O1.CCC. The lowest BCUT2D eigenvalue weighted by Gasteiger charge is -2.16. The number of allylic oxidation sites excluding steroid dienone is 1. The van der Waals surface area contributed by atoms with Crippen LogP contribution in [0.2, 0.25) is 0 Å². The third-order valence-corrected chi connectivity index (χ3v) is 2.17. The van der Waals surface area contributed by atoms with Crippen molar-refractivity contribution in [2.24, 2.45) is 0 Å². The van der Waals surface area contributed by atoms with Gasteiger partial charge in [0.2, 0.25) is 0 Å². The van der Waals surface area contributed by atoms with Gasteiger partial charge in [0.1, 0.15) is 6.10 Å². The van der Waals surface area contributed by atoms with Gasteiger partial charge in [0.15, 0.2) is 5.79 Å². The monoisotopic (exact) mass is 228 g/mol. The molecule has 0 radical (unpaired) electrons. The minimum Gasteiger partial charge on any atom is -0.344 e. The van der Waals surface area contributed by atoms with Crippen LogP contribution in [-0.2, 0) is 9.47 Å². The lowest BCUT2D eigenvalue weighted by Crippen LogP contribution is -2.22. The van der Waals surface area contributed by atoms with Gasteiger partial charge in [-0.25, -0.2) is 0 Å². The third kappa shape index (κ3) is 5.13. The molecule has 0 bridgehead atoms. The molecule has 0 amide bonds. The first-order chi connectivity index (χ1) is 7.59. The van der Waals surface area contributed by atoms with Crippen molar-refractivity contribution in [2.45, 2.75) is 78.8 Å². The van der Waals surface area contributed by atoms with Gasteiger partial charge in [-0.2, -0.15) is 0 Å². The molecule has 2 aliphatic rings. The molecule has 0 aromatic heterocycles. The molecule has 96 valence electrons. The Bertz CT molecular complexity index is 197. The van der Waals surface area contributed by atoms with Crippen LogP contribution < -0.4 is 0 Å². The zero-order chi connectivity index (χ0) is 12.6. The van der Waals surface area contributed by atoms with E-state index in [4.69, 9.17) is 9.47 Å². The molecule has 16 heavy (non-hydrogen) atoms. The maximum atomic E-state index is 5.68. The lowest BCUT2D eigenvalue weighted by molar-refractivity contribution is -0.142. The number of hydrogen-bond acceptors (Lipinski definition) is 2. The summed E-state index contributed by atoms with van der Waals surface area (Å²) in [5.41, 5.74) is 0. The van der Waals surface area contributed by atoms with Gasteiger partial charge in [-0.1, -0.05) is 46.3 Å². The molecule has 0 spiro atoms. The van der Waals surface area contributed by atoms with E-state index in [-0.39, 0.29) is 11.9 Å². The summed E-state index contributed by atoms with van der Waals surface area (Å²) < 4.78 is 11.3. The quantitative estimate of drug-likeness (QED) is 0.575. The maximum Gasteiger partial charge on any atom is 0.164 e. The van der Waals surface area contributed by atoms with Gasteiger partial charge in [-0.3, -0.25) is 0 Å². The summed E-state index contributed by atoms with van der Waals surface area (Å²) >= 11 is 0. The summed E-state index contributed by atoms with van der Waals surface area (Å²) in [6.07, 6.45) is 8.27. The van der Waals surface area contributed by atoms with E-state index in [1.54, 1.807) is 0 Å². The third-order valence-electron chi connectivity index (χ3n) is 2.17. The first-order valence-corrected chi connectivity index (χ1v) is 6.61. The van der Waals surface area contributed by atoms with Gasteiger partial charge in [-0.05, 0) is 26.7 Å². The molecule has 0 saturated carbocycles. The van der Waals surface area contributed by atoms with Crippen LogP contribution >= 0.6 is 0 Å². The van der Waals surface area contributed by atoms with Crippen molar-refractivity contribution < 1.29 is 9.47 Å². The van der Waals surface area contributed by atoms with Crippen molar-refractivity contribution >= 4 is 0 Å². The van der Waals surface area contributed by atoms with Crippen LogP contribution in [0.4, 0.5) is 0 Å². The van der Waals surface area contributed by atoms with Crippen molar-refractivity contribution in [1.82, 2.24) is 0 Å². The van der Waals surface area contributed by atoms with Crippen LogP contribution in [-0.4, -0.2) is 18.0 Å². The highest BCUT2D eigenvalue weighted by molar-refractivity contribution is 5.02. The molecule has 1 fully saturated rings. The van der Waals surface area contributed by atoms with Crippen LogP contribution in [0.15, 0.2) is 12.2 Å². The number of ether oxygens (including phenoxy) is 2. The van der Waals surface area contributed by atoms with E-state index in [0.717, 1.165) is 12.8 Å². The van der Waals surface area contributed by atoms with Gasteiger partial charge in [0.05, 0.1) is 6.10 Å². The molecular weight excluding hydrogens is 200 g/mol. The Morgan fingerprint density at radius 2 is 1.75 bits per heavy atom. The Hall–Kier alpha value is -0.340. The van der Waals surface area contributed by atoms with Crippen LogP contribution in [0.25, 0.3) is 0 Å². The molecule has 1 aliphatic heterocycles. The van der Waals surface area contributed by atoms with Crippen LogP contribution in [0.3, 0.4) is 0 Å². The molecule has 1 saturated heterocycles. The van der Waals surface area contributed by atoms with Crippen molar-refractivity contribution in [3.63, 3.8) is 0 Å². The minimum absolute atomic E-state index is 0.207. The summed E-state index contributed by atoms with van der Waals surface area (Å²) in [6.45, 7) is 12.2. The smallest absolute Gasteiger partial charge is 0.164 e. The lowest BCUT2D eigenvalue weighted by atomic mass is 10.0. The van der Waals surface area contributed by atoms with E-state index >= 15 is 0 Å². The highest BCUT2D eigenvalue weighted by Crippen LogP contribution is 2.33. The molecule has 0 unspecified atom stereocenters. The molecule has 0 N–H and O–H groups in total. The second-order valence-electron chi connectivity index (χ2n) is 4.35. The molecule has 0 aromatic rings. The minimum atomic E-state index is -0.371. The molecule has 2 nitrogen and oxygen atoms in total. The molecule has 2 rings (SSSR count). The molecular formula is C14H28O2. The van der Waals surface area contributed by atoms with Crippen molar-refractivity contribution in [3.05, 3.63) is 12.2 Å². The fourth-order valence-electron chi connectivity index (χ4n) is 1.74. The highest BCUT2D eigenvalue weighted by atomic mass is 16.7. The summed E-state index contributed by atoms with van der Waals surface area (Å²) in [5.74, 6) is -0.371. The first kappa shape index (κ1) is 15.7. The van der Waals surface area contributed by atoms with Gasteiger partial charge < -0.3 is 9.47 Å². The second kappa shape index (κ2) is 7.86. The first-order valence-electron chi connectivity index (χ1n) is 6.61. The summed E-state index contributed by atoms with van der Waals surface area (Å²) in [4.78, 5) is 0. The van der Waals surface area contributed by atoms with Gasteiger partial charge in [0, 0.05) is 0 Å². The van der Waals surface area contributed by atoms with E-state index in [9.17, 15) is 0 Å². The largest absolute Gasteiger partial charge is 0.344 e. The molecule has 2 heteroatoms. The van der Waals surface area contributed by atoms with Crippen molar-refractivity contribution in [3.8, 4) is 0 Å². The average Bonchev–Trinajstić information content (AvgIpc) is 2.55. The van der Waals surface area contributed by atoms with E-state index in [1.165, 1.54) is 6.42 Å². The normalized spacial score (nSPS) is 29.4. The summed E-state index contributed by atoms with van der Waals surface area (Å²) in [5, 5.41) is 0. The van der Waals surface area contributed by atoms with Crippen LogP contribution in [0, 0.1) is 0 Å². The Labute approximate surface area is 101 Å². The van der Waals surface area contributed by atoms with Gasteiger partial charge >= 0.3 is 0 Å². The Morgan fingerprint density at radius 1 is 1.19 bits per heavy atom. The van der Waals surface area contributed by atoms with E-state index in [0.29, 0.717) is 6.10 Å². The van der Waals surface area contributed by atoms with Gasteiger partial charge in [0.25, 0.3) is 0 Å². The maximum absolute atomic E-state index is 5.68. The molecule has 1 aliphatic carbocycles. The summed E-state index contributed by atoms with van der Waals surface area (Å²) in [7, 11) is 0. The zero-order valence-electron chi connectivity index (χ0n) is 11.7. The Balaban J connectivity index is 0.000000394. The Morgan fingerprint density at radius 3 is 2.25 bits per heavy atom. The predicted molar refractivity (Wildman–Crippen MR) is 69.5 cm³/mol. The number of rotatable bonds is 0. The van der Waals surface area contributed by atoms with Gasteiger partial charge in [-0.15, -0.1) is 0 Å². The summed E-state index contributed by atoms with van der Waals surface area (Å²) in [6, 6.07) is 0. The zero-order valence-corrected chi connectivity index (χ0v) is 11.7. The second-order valence-corrected chi connectivity index (χ2v) is 4.35. The van der Waals surface area contributed by atoms with Crippen molar-refractivity contribution in [2.75, 3.05) is 0 Å². The molecule has 0 aromatic carbocycles. The fourth-order valence-corrected chi connectivity index (χ4v) is 1.74. The van der Waals surface area contributed by atoms with E-state index in [1.807, 2.05) is 27.7 Å². The van der Waals surface area contributed by atoms with E-state index in [2.05, 4.69) is 26.0 Å². The van der Waals surface area contributed by atoms with E-state index < -0.39 is 0 Å². The number of fused-ring (bicyclic) bond motifs is 1. The van der Waals surface area contributed by atoms with Crippen LogP contribution in [0.1, 0.15) is 60.8 Å². The highest BCUT2D eigenvalue weighted by Gasteiger charge is 2.40. The van der Waals surface area contributed by atoms with Crippen molar-refractivity contribution in [1.29, 1.82) is 0 Å². The molecule has 2 atom stereocenters.